The Morgan fingerprint density at radius 2 is 2.06 bits per heavy atom. The molecule has 1 heterocycles. The highest BCUT2D eigenvalue weighted by atomic mass is 16.5. The van der Waals surface area contributed by atoms with E-state index in [1.807, 2.05) is 31.6 Å². The third kappa shape index (κ3) is 3.03. The molecule has 0 spiro atoms. The molecule has 1 aliphatic carbocycles. The van der Waals surface area contributed by atoms with Gasteiger partial charge in [-0.1, -0.05) is 12.8 Å². The molecule has 1 aromatic rings. The molecule has 1 aliphatic rings. The highest BCUT2D eigenvalue weighted by Gasteiger charge is 2.23. The van der Waals surface area contributed by atoms with Crippen LogP contribution in [0.5, 0.6) is 0 Å². The van der Waals surface area contributed by atoms with E-state index in [0.717, 1.165) is 0 Å². The zero-order valence-electron chi connectivity index (χ0n) is 9.86. The fourth-order valence-electron chi connectivity index (χ4n) is 2.31. The van der Waals surface area contributed by atoms with Crippen LogP contribution in [0.4, 0.5) is 0 Å². The molecule has 2 rings (SSSR count). The molecule has 0 saturated heterocycles. The summed E-state index contributed by atoms with van der Waals surface area (Å²) in [7, 11) is 2.03. The van der Waals surface area contributed by atoms with Gasteiger partial charge in [0.25, 0.3) is 0 Å². The average Bonchev–Trinajstić information content (AvgIpc) is 2.38. The molecule has 0 bridgehead atoms. The van der Waals surface area contributed by atoms with Crippen molar-refractivity contribution in [3.8, 4) is 0 Å². The van der Waals surface area contributed by atoms with Gasteiger partial charge >= 0.3 is 0 Å². The summed E-state index contributed by atoms with van der Waals surface area (Å²) in [6, 6.07) is 4.55. The average molecular weight is 220 g/mol. The summed E-state index contributed by atoms with van der Waals surface area (Å²) in [6.07, 6.45) is 9.02. The number of ether oxygens (including phenoxy) is 1. The lowest BCUT2D eigenvalue weighted by atomic mass is 9.92. The van der Waals surface area contributed by atoms with Crippen molar-refractivity contribution in [2.24, 2.45) is 0 Å². The van der Waals surface area contributed by atoms with Gasteiger partial charge in [-0.15, -0.1) is 0 Å². The number of aromatic nitrogens is 1. The van der Waals surface area contributed by atoms with E-state index in [-0.39, 0.29) is 0 Å². The largest absolute Gasteiger partial charge is 0.372 e. The van der Waals surface area contributed by atoms with Gasteiger partial charge in [-0.05, 0) is 37.6 Å². The monoisotopic (exact) mass is 220 g/mol. The second kappa shape index (κ2) is 5.97. The van der Waals surface area contributed by atoms with Gasteiger partial charge in [0.15, 0.2) is 0 Å². The first kappa shape index (κ1) is 11.6. The Hall–Kier alpha value is -0.930. The van der Waals surface area contributed by atoms with Crippen LogP contribution >= 0.6 is 0 Å². The molecule has 16 heavy (non-hydrogen) atoms. The molecule has 0 aliphatic heterocycles. The van der Waals surface area contributed by atoms with Gasteiger partial charge in [0.2, 0.25) is 0 Å². The Labute approximate surface area is 97.2 Å². The van der Waals surface area contributed by atoms with Crippen LogP contribution in [-0.4, -0.2) is 24.2 Å². The maximum atomic E-state index is 5.98. The number of rotatable bonds is 4. The lowest BCUT2D eigenvalue weighted by Gasteiger charge is -2.31. The summed E-state index contributed by atoms with van der Waals surface area (Å²) in [4.78, 5) is 4.00. The number of hydrogen-bond donors (Lipinski definition) is 1. The van der Waals surface area contributed by atoms with Gasteiger partial charge < -0.3 is 10.1 Å². The van der Waals surface area contributed by atoms with Crippen LogP contribution in [0.2, 0.25) is 0 Å². The summed E-state index contributed by atoms with van der Waals surface area (Å²) < 4.78 is 5.98. The molecule has 0 radical (unpaired) electrons. The molecule has 0 amide bonds. The van der Waals surface area contributed by atoms with Crippen molar-refractivity contribution in [3.63, 3.8) is 0 Å². The molecular formula is C13H20N2O. The van der Waals surface area contributed by atoms with E-state index < -0.39 is 0 Å². The maximum absolute atomic E-state index is 5.98. The maximum Gasteiger partial charge on any atom is 0.0732 e. The summed E-state index contributed by atoms with van der Waals surface area (Å²) in [5.74, 6) is 0. The summed E-state index contributed by atoms with van der Waals surface area (Å²) in [6.45, 7) is 0.700. The molecule has 3 nitrogen and oxygen atoms in total. The number of pyridine rings is 1. The summed E-state index contributed by atoms with van der Waals surface area (Å²) in [5, 5.41) is 3.35. The predicted octanol–water partition coefficient (Wildman–Crippen LogP) is 2.13. The summed E-state index contributed by atoms with van der Waals surface area (Å²) >= 11 is 0. The topological polar surface area (TPSA) is 34.1 Å². The Kier molecular flexibility index (Phi) is 4.31. The van der Waals surface area contributed by atoms with E-state index in [4.69, 9.17) is 4.74 Å². The van der Waals surface area contributed by atoms with Gasteiger partial charge in [0, 0.05) is 18.4 Å². The van der Waals surface area contributed by atoms with Crippen molar-refractivity contribution in [2.75, 3.05) is 7.05 Å². The molecule has 1 N–H and O–H groups in total. The number of nitrogens with zero attached hydrogens (tertiary/aromatic N) is 1. The minimum absolute atomic E-state index is 0.368. The number of likely N-dealkylation sites (N-methyl/N-ethyl adjacent to an activating group) is 1. The van der Waals surface area contributed by atoms with Gasteiger partial charge in [0.1, 0.15) is 0 Å². The van der Waals surface area contributed by atoms with E-state index in [1.165, 1.54) is 31.2 Å². The molecule has 2 atom stereocenters. The SMILES string of the molecule is CNC1CCCCC1OCc1ccncc1. The smallest absolute Gasteiger partial charge is 0.0732 e. The lowest BCUT2D eigenvalue weighted by Crippen LogP contribution is -2.41. The van der Waals surface area contributed by atoms with E-state index >= 15 is 0 Å². The molecule has 2 unspecified atom stereocenters. The van der Waals surface area contributed by atoms with Crippen molar-refractivity contribution < 1.29 is 4.74 Å². The highest BCUT2D eigenvalue weighted by Crippen LogP contribution is 2.21. The first-order chi connectivity index (χ1) is 7.90. The summed E-state index contributed by atoms with van der Waals surface area (Å²) in [5.41, 5.74) is 1.20. The Balaban J connectivity index is 1.84. The predicted molar refractivity (Wildman–Crippen MR) is 64.1 cm³/mol. The van der Waals surface area contributed by atoms with Gasteiger partial charge in [-0.2, -0.15) is 0 Å². The van der Waals surface area contributed by atoms with Crippen LogP contribution < -0.4 is 5.32 Å². The molecule has 1 saturated carbocycles. The minimum atomic E-state index is 0.368. The fraction of sp³-hybridized carbons (Fsp3) is 0.615. The number of nitrogens with one attached hydrogen (secondary N) is 1. The molecule has 88 valence electrons. The molecular weight excluding hydrogens is 200 g/mol. The normalized spacial score (nSPS) is 25.6. The highest BCUT2D eigenvalue weighted by molar-refractivity contribution is 5.08. The van der Waals surface area contributed by atoms with E-state index in [2.05, 4.69) is 10.3 Å². The van der Waals surface area contributed by atoms with Gasteiger partial charge in [-0.25, -0.2) is 0 Å². The van der Waals surface area contributed by atoms with Crippen molar-refractivity contribution >= 4 is 0 Å². The van der Waals surface area contributed by atoms with Crippen molar-refractivity contribution in [2.45, 2.75) is 44.4 Å². The lowest BCUT2D eigenvalue weighted by molar-refractivity contribution is -0.00363. The van der Waals surface area contributed by atoms with E-state index in [1.54, 1.807) is 0 Å². The molecule has 3 heteroatoms. The van der Waals surface area contributed by atoms with Crippen LogP contribution in [0.3, 0.4) is 0 Å². The van der Waals surface area contributed by atoms with Crippen molar-refractivity contribution in [3.05, 3.63) is 30.1 Å². The Morgan fingerprint density at radius 3 is 2.81 bits per heavy atom. The van der Waals surface area contributed by atoms with E-state index in [9.17, 15) is 0 Å². The first-order valence-corrected chi connectivity index (χ1v) is 6.08. The van der Waals surface area contributed by atoms with Crippen LogP contribution in [0.25, 0.3) is 0 Å². The third-order valence-electron chi connectivity index (χ3n) is 3.29. The Bertz CT molecular complexity index is 302. The van der Waals surface area contributed by atoms with Crippen molar-refractivity contribution in [1.29, 1.82) is 0 Å². The van der Waals surface area contributed by atoms with Crippen LogP contribution in [0, 0.1) is 0 Å². The fourth-order valence-corrected chi connectivity index (χ4v) is 2.31. The van der Waals surface area contributed by atoms with Crippen LogP contribution in [-0.2, 0) is 11.3 Å². The second-order valence-electron chi connectivity index (χ2n) is 4.38. The van der Waals surface area contributed by atoms with Gasteiger partial charge in [-0.3, -0.25) is 4.98 Å². The Morgan fingerprint density at radius 1 is 1.31 bits per heavy atom. The standard InChI is InChI=1S/C13H20N2O/c1-14-12-4-2-3-5-13(12)16-10-11-6-8-15-9-7-11/h6-9,12-14H,2-5,10H2,1H3. The van der Waals surface area contributed by atoms with Crippen LogP contribution in [0.1, 0.15) is 31.2 Å². The second-order valence-corrected chi connectivity index (χ2v) is 4.38. The van der Waals surface area contributed by atoms with E-state index in [0.29, 0.717) is 18.8 Å². The molecule has 1 fully saturated rings. The first-order valence-electron chi connectivity index (χ1n) is 6.08. The van der Waals surface area contributed by atoms with Gasteiger partial charge in [0.05, 0.1) is 12.7 Å². The minimum Gasteiger partial charge on any atom is -0.372 e. The number of hydrogen-bond acceptors (Lipinski definition) is 3. The quantitative estimate of drug-likeness (QED) is 0.844. The molecule has 1 aromatic heterocycles. The zero-order chi connectivity index (χ0) is 11.2. The van der Waals surface area contributed by atoms with Crippen molar-refractivity contribution in [1.82, 2.24) is 10.3 Å². The molecule has 0 aromatic carbocycles. The third-order valence-corrected chi connectivity index (χ3v) is 3.29. The zero-order valence-corrected chi connectivity index (χ0v) is 9.86. The van der Waals surface area contributed by atoms with Crippen LogP contribution in [0.15, 0.2) is 24.5 Å².